The molecule has 0 radical (unpaired) electrons. The molecule has 2 aromatic heterocycles. The van der Waals surface area contributed by atoms with E-state index in [0.717, 1.165) is 41.1 Å². The molecule has 0 aliphatic carbocycles. The Morgan fingerprint density at radius 1 is 1.32 bits per heavy atom. The molecule has 1 aliphatic heterocycles. The van der Waals surface area contributed by atoms with Crippen LogP contribution in [0.3, 0.4) is 0 Å². The van der Waals surface area contributed by atoms with E-state index < -0.39 is 5.97 Å². The molecule has 0 N–H and O–H groups in total. The molecule has 1 aliphatic rings. The van der Waals surface area contributed by atoms with E-state index in [2.05, 4.69) is 36.9 Å². The average Bonchev–Trinajstić information content (AvgIpc) is 2.46. The maximum Gasteiger partial charge on any atom is 1.00 e. The van der Waals surface area contributed by atoms with Gasteiger partial charge in [0.15, 0.2) is 0 Å². The van der Waals surface area contributed by atoms with E-state index in [0.29, 0.717) is 0 Å². The molecule has 0 bridgehead atoms. The van der Waals surface area contributed by atoms with Crippen LogP contribution in [0.1, 0.15) is 27.2 Å². The number of carboxylic acids is 1. The summed E-state index contributed by atoms with van der Waals surface area (Å²) in [6.07, 6.45) is 4.02. The second-order valence-corrected chi connectivity index (χ2v) is 6.00. The number of hydrogen-bond donors (Lipinski definition) is 0. The number of carboxylic acid groups (broad SMARTS) is 1. The molecule has 2 aromatic rings. The van der Waals surface area contributed by atoms with Gasteiger partial charge in [-0.1, -0.05) is 0 Å². The van der Waals surface area contributed by atoms with Crippen LogP contribution in [0.2, 0.25) is 0 Å². The molecule has 7 heteroatoms. The largest absolute Gasteiger partial charge is 1.00 e. The molecule has 5 nitrogen and oxygen atoms in total. The number of carbonyl (C=O) groups is 1. The number of aromatic nitrogens is 2. The molecular weight excluding hydrogens is 341 g/mol. The van der Waals surface area contributed by atoms with Crippen molar-refractivity contribution in [2.24, 2.45) is 0 Å². The first kappa shape index (κ1) is 17.0. The number of rotatable bonds is 2. The summed E-state index contributed by atoms with van der Waals surface area (Å²) in [5.74, 6) is -0.389. The Hall–Kier alpha value is -1.35. The van der Waals surface area contributed by atoms with Crippen LogP contribution in [0.25, 0.3) is 0 Å². The predicted octanol–water partition coefficient (Wildman–Crippen LogP) is -1.52. The van der Waals surface area contributed by atoms with Crippen molar-refractivity contribution in [1.82, 2.24) is 9.97 Å². The van der Waals surface area contributed by atoms with Crippen molar-refractivity contribution in [3.8, 4) is 0 Å². The predicted molar refractivity (Wildman–Crippen MR) is 80.0 cm³/mol. The van der Waals surface area contributed by atoms with E-state index in [-0.39, 0.29) is 24.4 Å². The van der Waals surface area contributed by atoms with Gasteiger partial charge in [-0.25, -0.2) is 4.98 Å². The molecule has 3 heterocycles. The number of aryl methyl sites for hydroxylation is 1. The van der Waals surface area contributed by atoms with Crippen LogP contribution in [0.4, 0.5) is 5.82 Å². The Balaban J connectivity index is 0.00000176. The maximum absolute atomic E-state index is 10.9. The first-order valence-electron chi connectivity index (χ1n) is 6.61. The van der Waals surface area contributed by atoms with Crippen molar-refractivity contribution >= 4 is 27.7 Å². The summed E-state index contributed by atoms with van der Waals surface area (Å²) in [6, 6.07) is 3.67. The van der Waals surface area contributed by atoms with Gasteiger partial charge in [0, 0.05) is 47.6 Å². The molecule has 0 saturated carbocycles. The molecule has 0 unspecified atom stereocenters. The fourth-order valence-corrected chi connectivity index (χ4v) is 2.97. The number of fused-ring (bicyclic) bond motifs is 1. The molecule has 0 saturated heterocycles. The summed E-state index contributed by atoms with van der Waals surface area (Å²) in [4.78, 5) is 21.7. The molecule has 0 fully saturated rings. The van der Waals surface area contributed by atoms with Gasteiger partial charge in [0.25, 0.3) is 0 Å². The van der Waals surface area contributed by atoms with Gasteiger partial charge in [-0.2, -0.15) is 0 Å². The maximum atomic E-state index is 10.9. The van der Waals surface area contributed by atoms with Gasteiger partial charge in [0.2, 0.25) is 0 Å². The van der Waals surface area contributed by atoms with Crippen molar-refractivity contribution in [3.63, 3.8) is 0 Å². The monoisotopic (exact) mass is 353 g/mol. The van der Waals surface area contributed by atoms with Gasteiger partial charge in [-0.05, 0) is 46.1 Å². The van der Waals surface area contributed by atoms with E-state index in [1.807, 2.05) is 13.1 Å². The third-order valence-electron chi connectivity index (χ3n) is 3.59. The Morgan fingerprint density at radius 2 is 2.09 bits per heavy atom. The normalized spacial score (nSPS) is 13.3. The van der Waals surface area contributed by atoms with Crippen molar-refractivity contribution in [1.29, 1.82) is 0 Å². The van der Waals surface area contributed by atoms with Gasteiger partial charge in [0.1, 0.15) is 5.82 Å². The van der Waals surface area contributed by atoms with Crippen LogP contribution in [0, 0.1) is 6.92 Å². The van der Waals surface area contributed by atoms with Gasteiger partial charge >= 0.3 is 18.9 Å². The second kappa shape index (κ2) is 6.82. The van der Waals surface area contributed by atoms with Crippen LogP contribution in [0.5, 0.6) is 0 Å². The summed E-state index contributed by atoms with van der Waals surface area (Å²) in [7, 11) is 0. The summed E-state index contributed by atoms with van der Waals surface area (Å²) in [5, 5.41) is 10.9. The van der Waals surface area contributed by atoms with E-state index in [1.54, 1.807) is 6.07 Å². The average molecular weight is 354 g/mol. The molecule has 0 atom stereocenters. The number of aromatic carboxylic acids is 1. The molecule has 0 aromatic carbocycles. The Bertz CT molecular complexity index is 724. The number of anilines is 1. The van der Waals surface area contributed by atoms with Crippen LogP contribution >= 0.6 is 15.9 Å². The quantitative estimate of drug-likeness (QED) is 0.613. The van der Waals surface area contributed by atoms with Crippen molar-refractivity contribution in [2.45, 2.75) is 19.9 Å². The Labute approximate surface area is 149 Å². The molecule has 3 rings (SSSR count). The van der Waals surface area contributed by atoms with Crippen LogP contribution in [-0.2, 0) is 13.0 Å². The minimum atomic E-state index is -1.20. The summed E-state index contributed by atoms with van der Waals surface area (Å²) >= 11 is 3.44. The smallest absolute Gasteiger partial charge is 0.545 e. The number of hydrogen-bond acceptors (Lipinski definition) is 5. The first-order chi connectivity index (χ1) is 10.0. The summed E-state index contributed by atoms with van der Waals surface area (Å²) in [5.41, 5.74) is 3.22. The number of halogens is 1. The Kier molecular flexibility index (Phi) is 5.27. The topological polar surface area (TPSA) is 69.2 Å². The summed E-state index contributed by atoms with van der Waals surface area (Å²) < 4.78 is 0.958. The Morgan fingerprint density at radius 3 is 2.77 bits per heavy atom. The van der Waals surface area contributed by atoms with Crippen molar-refractivity contribution < 1.29 is 28.8 Å². The standard InChI is InChI=1S/C15H14BrN3O2.Li/c1-9-4-10(15(20)21)6-18-14(9)19-3-2-13-11(8-19)5-12(16)7-17-13;/h4-7H,2-3,8H2,1H3,(H,20,21);/q;+1/p-1. The molecule has 22 heavy (non-hydrogen) atoms. The fraction of sp³-hybridized carbons (Fsp3) is 0.267. The van der Waals surface area contributed by atoms with Gasteiger partial charge in [-0.15, -0.1) is 0 Å². The zero-order valence-electron chi connectivity index (χ0n) is 12.5. The second-order valence-electron chi connectivity index (χ2n) is 5.08. The van der Waals surface area contributed by atoms with Crippen LogP contribution < -0.4 is 28.9 Å². The van der Waals surface area contributed by atoms with Gasteiger partial charge in [0.05, 0.1) is 5.97 Å². The number of carbonyl (C=O) groups excluding carboxylic acids is 1. The zero-order valence-corrected chi connectivity index (χ0v) is 14.1. The molecule has 0 amide bonds. The van der Waals surface area contributed by atoms with E-state index in [4.69, 9.17) is 0 Å². The van der Waals surface area contributed by atoms with E-state index >= 15 is 0 Å². The fourth-order valence-electron chi connectivity index (χ4n) is 2.59. The van der Waals surface area contributed by atoms with Crippen LogP contribution in [0.15, 0.2) is 29.0 Å². The molecule has 0 spiro atoms. The summed E-state index contributed by atoms with van der Waals surface area (Å²) in [6.45, 7) is 3.41. The minimum Gasteiger partial charge on any atom is -0.545 e. The molecular formula is C15H13BrLiN3O2. The van der Waals surface area contributed by atoms with Crippen molar-refractivity contribution in [2.75, 3.05) is 11.4 Å². The minimum absolute atomic E-state index is 0. The van der Waals surface area contributed by atoms with Gasteiger partial charge < -0.3 is 14.8 Å². The van der Waals surface area contributed by atoms with Crippen molar-refractivity contribution in [3.05, 3.63) is 51.4 Å². The third kappa shape index (κ3) is 3.35. The van der Waals surface area contributed by atoms with E-state index in [9.17, 15) is 9.90 Å². The van der Waals surface area contributed by atoms with E-state index in [1.165, 1.54) is 11.8 Å². The number of nitrogens with zero attached hydrogens (tertiary/aromatic N) is 3. The SMILES string of the molecule is Cc1cc(C(=O)[O-])cnc1N1CCc2ncc(Br)cc2C1.[Li+]. The first-order valence-corrected chi connectivity index (χ1v) is 7.40. The third-order valence-corrected chi connectivity index (χ3v) is 4.03. The number of pyridine rings is 2. The zero-order chi connectivity index (χ0) is 15.0. The molecule has 108 valence electrons. The van der Waals surface area contributed by atoms with Crippen LogP contribution in [-0.4, -0.2) is 22.5 Å². The van der Waals surface area contributed by atoms with Gasteiger partial charge in [-0.3, -0.25) is 4.98 Å².